The van der Waals surface area contributed by atoms with Crippen molar-refractivity contribution in [3.8, 4) is 0 Å². The summed E-state index contributed by atoms with van der Waals surface area (Å²) in [7, 11) is 1.47. The Labute approximate surface area is 120 Å². The lowest BCUT2D eigenvalue weighted by Gasteiger charge is -2.42. The number of halogens is 3. The molecule has 118 valence electrons. The van der Waals surface area contributed by atoms with Crippen molar-refractivity contribution in [2.75, 3.05) is 20.3 Å². The van der Waals surface area contributed by atoms with Crippen LogP contribution in [0, 0.1) is 0 Å². The van der Waals surface area contributed by atoms with E-state index >= 15 is 0 Å². The Hall–Kier alpha value is -1.22. The molecule has 21 heavy (non-hydrogen) atoms. The van der Waals surface area contributed by atoms with Gasteiger partial charge in [0.25, 0.3) is 0 Å². The van der Waals surface area contributed by atoms with Crippen LogP contribution in [0.25, 0.3) is 0 Å². The number of aromatic nitrogens is 1. The lowest BCUT2D eigenvalue weighted by atomic mass is 9.81. The van der Waals surface area contributed by atoms with Gasteiger partial charge in [0, 0.05) is 51.1 Å². The van der Waals surface area contributed by atoms with Crippen molar-refractivity contribution in [3.05, 3.63) is 29.6 Å². The molecule has 1 aromatic heterocycles. The van der Waals surface area contributed by atoms with Crippen molar-refractivity contribution in [1.82, 2.24) is 10.4 Å². The van der Waals surface area contributed by atoms with E-state index in [1.54, 1.807) is 0 Å². The van der Waals surface area contributed by atoms with E-state index < -0.39 is 23.4 Å². The summed E-state index contributed by atoms with van der Waals surface area (Å²) in [4.78, 5) is 3.81. The van der Waals surface area contributed by atoms with Crippen LogP contribution in [0.1, 0.15) is 30.0 Å². The minimum absolute atomic E-state index is 0.0174. The zero-order valence-corrected chi connectivity index (χ0v) is 11.6. The average molecular weight is 305 g/mol. The fourth-order valence-electron chi connectivity index (χ4n) is 2.75. The van der Waals surface area contributed by atoms with Crippen molar-refractivity contribution in [3.63, 3.8) is 0 Å². The first kappa shape index (κ1) is 16.2. The summed E-state index contributed by atoms with van der Waals surface area (Å²) < 4.78 is 50.3. The second-order valence-corrected chi connectivity index (χ2v) is 4.94. The van der Waals surface area contributed by atoms with Gasteiger partial charge in [0.15, 0.2) is 0 Å². The number of hydrogen-bond acceptors (Lipinski definition) is 5. The summed E-state index contributed by atoms with van der Waals surface area (Å²) in [6, 6.07) is 0.124. The van der Waals surface area contributed by atoms with Gasteiger partial charge in [0.05, 0.1) is 17.2 Å². The van der Waals surface area contributed by atoms with Crippen LogP contribution >= 0.6 is 0 Å². The number of pyridine rings is 1. The largest absolute Gasteiger partial charge is 0.416 e. The van der Waals surface area contributed by atoms with Crippen LogP contribution in [-0.4, -0.2) is 30.9 Å². The molecule has 1 aromatic rings. The molecule has 1 aliphatic heterocycles. The molecule has 1 fully saturated rings. The number of nitrogens with zero attached hydrogens (tertiary/aromatic N) is 1. The third-order valence-electron chi connectivity index (χ3n) is 3.91. The molecular formula is C13H18F3N3O2. The number of nitrogens with one attached hydrogen (secondary N) is 1. The molecule has 1 aliphatic rings. The van der Waals surface area contributed by atoms with Crippen LogP contribution in [0.2, 0.25) is 0 Å². The highest BCUT2D eigenvalue weighted by Crippen LogP contribution is 2.41. The molecule has 3 N–H and O–H groups in total. The van der Waals surface area contributed by atoms with Gasteiger partial charge in [-0.3, -0.25) is 10.8 Å². The van der Waals surface area contributed by atoms with E-state index in [4.69, 9.17) is 15.3 Å². The minimum atomic E-state index is -4.48. The second-order valence-electron chi connectivity index (χ2n) is 4.94. The zero-order chi connectivity index (χ0) is 15.5. The summed E-state index contributed by atoms with van der Waals surface area (Å²) in [6.45, 7) is 0.821. The van der Waals surface area contributed by atoms with Gasteiger partial charge in [-0.25, -0.2) is 5.43 Å². The molecule has 1 unspecified atom stereocenters. The normalized spacial score (nSPS) is 20.2. The predicted molar refractivity (Wildman–Crippen MR) is 69.1 cm³/mol. The maximum atomic E-state index is 13.2. The quantitative estimate of drug-likeness (QED) is 0.656. The highest BCUT2D eigenvalue weighted by Gasteiger charge is 2.45. The Bertz CT molecular complexity index is 476. The predicted octanol–water partition coefficient (Wildman–Crippen LogP) is 1.80. The monoisotopic (exact) mass is 305 g/mol. The van der Waals surface area contributed by atoms with Gasteiger partial charge in [-0.2, -0.15) is 13.2 Å². The second kappa shape index (κ2) is 6.27. The van der Waals surface area contributed by atoms with Crippen molar-refractivity contribution in [1.29, 1.82) is 0 Å². The van der Waals surface area contributed by atoms with Crippen LogP contribution in [-0.2, 0) is 15.7 Å². The maximum Gasteiger partial charge on any atom is 0.416 e. The molecule has 0 saturated carbocycles. The molecule has 8 heteroatoms. The third kappa shape index (κ3) is 3.18. The number of rotatable bonds is 4. The maximum absolute atomic E-state index is 13.2. The summed E-state index contributed by atoms with van der Waals surface area (Å²) >= 11 is 0. The van der Waals surface area contributed by atoms with Crippen LogP contribution in [0.3, 0.4) is 0 Å². The molecule has 1 atom stereocenters. The van der Waals surface area contributed by atoms with E-state index in [1.165, 1.54) is 13.3 Å². The smallest absolute Gasteiger partial charge is 0.381 e. The van der Waals surface area contributed by atoms with Crippen LogP contribution in [0.4, 0.5) is 13.2 Å². The summed E-state index contributed by atoms with van der Waals surface area (Å²) in [5.74, 6) is 5.54. The van der Waals surface area contributed by atoms with Crippen molar-refractivity contribution >= 4 is 0 Å². The Morgan fingerprint density at radius 1 is 1.43 bits per heavy atom. The van der Waals surface area contributed by atoms with Gasteiger partial charge in [0.1, 0.15) is 0 Å². The Morgan fingerprint density at radius 2 is 2.10 bits per heavy atom. The van der Waals surface area contributed by atoms with E-state index in [9.17, 15) is 13.2 Å². The van der Waals surface area contributed by atoms with Gasteiger partial charge in [-0.05, 0) is 6.07 Å². The topological polar surface area (TPSA) is 69.4 Å². The van der Waals surface area contributed by atoms with Crippen molar-refractivity contribution < 1.29 is 22.6 Å². The van der Waals surface area contributed by atoms with Gasteiger partial charge in [0.2, 0.25) is 0 Å². The fourth-order valence-corrected chi connectivity index (χ4v) is 2.75. The summed E-state index contributed by atoms with van der Waals surface area (Å²) in [6.07, 6.45) is -1.28. The number of alkyl halides is 3. The van der Waals surface area contributed by atoms with E-state index in [0.29, 0.717) is 26.1 Å². The number of hydrazine groups is 1. The Kier molecular flexibility index (Phi) is 4.82. The van der Waals surface area contributed by atoms with Gasteiger partial charge in [-0.1, -0.05) is 0 Å². The zero-order valence-electron chi connectivity index (χ0n) is 11.6. The molecule has 2 rings (SSSR count). The molecular weight excluding hydrogens is 287 g/mol. The molecule has 2 heterocycles. The molecule has 0 radical (unpaired) electrons. The van der Waals surface area contributed by atoms with Crippen molar-refractivity contribution in [2.24, 2.45) is 5.84 Å². The van der Waals surface area contributed by atoms with Crippen LogP contribution in [0.5, 0.6) is 0 Å². The average Bonchev–Trinajstić information content (AvgIpc) is 2.48. The summed E-state index contributed by atoms with van der Waals surface area (Å²) in [5, 5.41) is 0. The first-order valence-electron chi connectivity index (χ1n) is 6.55. The molecule has 5 nitrogen and oxygen atoms in total. The number of ether oxygens (including phenoxy) is 2. The molecule has 0 aromatic carbocycles. The SMILES string of the molecule is COC1(C(NN)c2cnccc2C(F)(F)F)CCOCC1. The fraction of sp³-hybridized carbons (Fsp3) is 0.615. The van der Waals surface area contributed by atoms with E-state index in [-0.39, 0.29) is 5.56 Å². The molecule has 0 spiro atoms. The summed E-state index contributed by atoms with van der Waals surface area (Å²) in [5.41, 5.74) is 0.842. The molecule has 0 aliphatic carbocycles. The first-order chi connectivity index (χ1) is 9.94. The Balaban J connectivity index is 2.46. The van der Waals surface area contributed by atoms with Crippen molar-refractivity contribution in [2.45, 2.75) is 30.7 Å². The minimum Gasteiger partial charge on any atom is -0.381 e. The van der Waals surface area contributed by atoms with Crippen LogP contribution in [0.15, 0.2) is 18.5 Å². The molecule has 0 bridgehead atoms. The highest BCUT2D eigenvalue weighted by atomic mass is 19.4. The standard InChI is InChI=1S/C13H18F3N3O2/c1-20-12(3-6-21-7-4-12)11(19-17)9-8-18-5-2-10(9)13(14,15)16/h2,5,8,11,19H,3-4,6-7,17H2,1H3. The van der Waals surface area contributed by atoms with Gasteiger partial charge < -0.3 is 9.47 Å². The van der Waals surface area contributed by atoms with Crippen LogP contribution < -0.4 is 11.3 Å². The number of hydrogen-bond donors (Lipinski definition) is 2. The van der Waals surface area contributed by atoms with E-state index in [1.807, 2.05) is 0 Å². The van der Waals surface area contributed by atoms with E-state index in [2.05, 4.69) is 10.4 Å². The molecule has 1 saturated heterocycles. The number of nitrogens with two attached hydrogens (primary N) is 1. The Morgan fingerprint density at radius 3 is 2.62 bits per heavy atom. The van der Waals surface area contributed by atoms with Gasteiger partial charge in [-0.15, -0.1) is 0 Å². The lowest BCUT2D eigenvalue weighted by Crippen LogP contribution is -2.51. The number of methoxy groups -OCH3 is 1. The van der Waals surface area contributed by atoms with Gasteiger partial charge >= 0.3 is 6.18 Å². The van der Waals surface area contributed by atoms with E-state index in [0.717, 1.165) is 12.3 Å². The first-order valence-corrected chi connectivity index (χ1v) is 6.55. The molecule has 0 amide bonds. The highest BCUT2D eigenvalue weighted by molar-refractivity contribution is 5.31. The lowest BCUT2D eigenvalue weighted by molar-refractivity contribution is -0.141. The third-order valence-corrected chi connectivity index (χ3v) is 3.91.